The second kappa shape index (κ2) is 13.8. The summed E-state index contributed by atoms with van der Waals surface area (Å²) in [7, 11) is 0. The molecule has 0 spiro atoms. The van der Waals surface area contributed by atoms with E-state index in [1.807, 2.05) is 23.5 Å². The van der Waals surface area contributed by atoms with Crippen molar-refractivity contribution in [2.75, 3.05) is 4.90 Å². The van der Waals surface area contributed by atoms with Gasteiger partial charge in [0.1, 0.15) is 22.3 Å². The molecule has 10 aromatic carbocycles. The molecule has 0 aliphatic rings. The van der Waals surface area contributed by atoms with Crippen molar-refractivity contribution in [3.05, 3.63) is 212 Å². The molecule has 0 amide bonds. The Morgan fingerprint density at radius 1 is 0.323 bits per heavy atom. The van der Waals surface area contributed by atoms with Gasteiger partial charge in [-0.05, 0) is 106 Å². The van der Waals surface area contributed by atoms with Crippen LogP contribution in [0, 0.1) is 0 Å². The van der Waals surface area contributed by atoms with E-state index in [4.69, 9.17) is 8.83 Å². The smallest absolute Gasteiger partial charge is 0.143 e. The topological polar surface area (TPSA) is 29.5 Å². The van der Waals surface area contributed by atoms with E-state index in [0.29, 0.717) is 0 Å². The number of hydrogen-bond donors (Lipinski definition) is 0. The van der Waals surface area contributed by atoms with E-state index in [0.717, 1.165) is 88.6 Å². The lowest BCUT2D eigenvalue weighted by atomic mass is 9.97. The predicted molar refractivity (Wildman–Crippen MR) is 262 cm³/mol. The maximum absolute atomic E-state index is 6.55. The predicted octanol–water partition coefficient (Wildman–Crippen LogP) is 17.5. The molecule has 3 nitrogen and oxygen atoms in total. The van der Waals surface area contributed by atoms with Crippen LogP contribution in [0.2, 0.25) is 0 Å². The van der Waals surface area contributed by atoms with Crippen LogP contribution in [0.25, 0.3) is 108 Å². The third kappa shape index (κ3) is 5.51. The fraction of sp³-hybridized carbons (Fsp3) is 0. The number of hydrogen-bond acceptors (Lipinski definition) is 4. The zero-order valence-electron chi connectivity index (χ0n) is 33.4. The van der Waals surface area contributed by atoms with Crippen molar-refractivity contribution in [3.8, 4) is 33.4 Å². The molecule has 0 aliphatic heterocycles. The minimum atomic E-state index is 0.893. The standard InChI is InChI=1S/C58H35NO2S/c1-2-10-45-37(9-1)25-33-50-56-44(13-8-17-53(56)61-58(45)50)38-21-29-42(30-22-38)59(41-27-19-36(20-28-41)40-26-34-55-51(35-40)48-12-4-6-18-54(48)62-55)43-31-23-39(24-32-43)46-14-7-15-49-47-11-3-5-16-52(47)60-57(46)49/h1-35H. The fourth-order valence-electron chi connectivity index (χ4n) is 9.50. The average molecular weight is 810 g/mol. The molecule has 13 aromatic rings. The second-order valence-electron chi connectivity index (χ2n) is 16.0. The summed E-state index contributed by atoms with van der Waals surface area (Å²) in [5.74, 6) is 0. The van der Waals surface area contributed by atoms with Crippen LogP contribution in [0.4, 0.5) is 17.1 Å². The van der Waals surface area contributed by atoms with E-state index in [2.05, 4.69) is 205 Å². The molecule has 0 saturated carbocycles. The molecular weight excluding hydrogens is 775 g/mol. The van der Waals surface area contributed by atoms with Gasteiger partial charge in [-0.1, -0.05) is 140 Å². The van der Waals surface area contributed by atoms with Gasteiger partial charge in [0.2, 0.25) is 0 Å². The van der Waals surface area contributed by atoms with Gasteiger partial charge in [-0.2, -0.15) is 0 Å². The number of rotatable bonds is 6. The van der Waals surface area contributed by atoms with E-state index in [1.165, 1.54) is 36.7 Å². The molecule has 0 bridgehead atoms. The van der Waals surface area contributed by atoms with Crippen LogP contribution in [-0.4, -0.2) is 0 Å². The van der Waals surface area contributed by atoms with E-state index in [1.54, 1.807) is 0 Å². The Bertz CT molecular complexity index is 3850. The highest BCUT2D eigenvalue weighted by Crippen LogP contribution is 2.43. The lowest BCUT2D eigenvalue weighted by Crippen LogP contribution is -2.09. The summed E-state index contributed by atoms with van der Waals surface area (Å²) in [4.78, 5) is 2.34. The third-order valence-electron chi connectivity index (χ3n) is 12.5. The lowest BCUT2D eigenvalue weighted by Gasteiger charge is -2.26. The van der Waals surface area contributed by atoms with Crippen molar-refractivity contribution in [1.29, 1.82) is 0 Å². The zero-order valence-corrected chi connectivity index (χ0v) is 34.2. The van der Waals surface area contributed by atoms with Crippen molar-refractivity contribution in [1.82, 2.24) is 0 Å². The van der Waals surface area contributed by atoms with Crippen molar-refractivity contribution in [2.24, 2.45) is 0 Å². The highest BCUT2D eigenvalue weighted by atomic mass is 32.1. The zero-order chi connectivity index (χ0) is 40.7. The Hall–Kier alpha value is -7.92. The molecule has 0 saturated heterocycles. The molecule has 4 heteroatoms. The van der Waals surface area contributed by atoms with Crippen LogP contribution < -0.4 is 4.90 Å². The first-order chi connectivity index (χ1) is 30.7. The maximum Gasteiger partial charge on any atom is 0.143 e. The number of thiophene rings is 1. The summed E-state index contributed by atoms with van der Waals surface area (Å²) in [6.07, 6.45) is 0. The summed E-state index contributed by atoms with van der Waals surface area (Å²) in [6, 6.07) is 76.2. The van der Waals surface area contributed by atoms with Crippen LogP contribution in [-0.2, 0) is 0 Å². The SMILES string of the molecule is c1ccc2c(c1)ccc1c2oc2cccc(-c3ccc(N(c4ccc(-c5ccc6sc7ccccc7c6c5)cc4)c4ccc(-c5cccc6c5oc5ccccc56)cc4)cc3)c21. The van der Waals surface area contributed by atoms with Crippen LogP contribution in [0.15, 0.2) is 221 Å². The summed E-state index contributed by atoms with van der Waals surface area (Å²) in [5, 5.41) is 9.45. The first-order valence-corrected chi connectivity index (χ1v) is 21.8. The first kappa shape index (κ1) is 34.9. The summed E-state index contributed by atoms with van der Waals surface area (Å²) in [6.45, 7) is 0. The molecule has 3 aromatic heterocycles. The highest BCUT2D eigenvalue weighted by molar-refractivity contribution is 7.25. The van der Waals surface area contributed by atoms with Gasteiger partial charge in [0.25, 0.3) is 0 Å². The Kier molecular flexibility index (Phi) is 7.78. The van der Waals surface area contributed by atoms with Crippen molar-refractivity contribution >= 4 is 103 Å². The Morgan fingerprint density at radius 2 is 0.887 bits per heavy atom. The molecule has 0 fully saturated rings. The van der Waals surface area contributed by atoms with Gasteiger partial charge in [0.15, 0.2) is 0 Å². The highest BCUT2D eigenvalue weighted by Gasteiger charge is 2.18. The molecule has 0 radical (unpaired) electrons. The average Bonchev–Trinajstić information content (AvgIpc) is 4.04. The van der Waals surface area contributed by atoms with Gasteiger partial charge >= 0.3 is 0 Å². The van der Waals surface area contributed by atoms with Crippen molar-refractivity contribution in [3.63, 3.8) is 0 Å². The number of fused-ring (bicyclic) bond motifs is 11. The van der Waals surface area contributed by atoms with Gasteiger partial charge in [-0.3, -0.25) is 0 Å². The Morgan fingerprint density at radius 3 is 1.68 bits per heavy atom. The normalized spacial score (nSPS) is 11.9. The summed E-state index contributed by atoms with van der Waals surface area (Å²) >= 11 is 1.85. The minimum Gasteiger partial charge on any atom is -0.455 e. The van der Waals surface area contributed by atoms with Gasteiger partial charge in [-0.15, -0.1) is 11.3 Å². The van der Waals surface area contributed by atoms with Gasteiger partial charge < -0.3 is 13.7 Å². The van der Waals surface area contributed by atoms with Gasteiger partial charge in [0, 0.05) is 69.7 Å². The summed E-state index contributed by atoms with van der Waals surface area (Å²) < 4.78 is 15.6. The number of furan rings is 2. The lowest BCUT2D eigenvalue weighted by molar-refractivity contribution is 0.670. The third-order valence-corrected chi connectivity index (χ3v) is 13.7. The monoisotopic (exact) mass is 809 g/mol. The molecule has 0 unspecified atom stereocenters. The Labute approximate surface area is 360 Å². The van der Waals surface area contributed by atoms with Crippen LogP contribution in [0.1, 0.15) is 0 Å². The minimum absolute atomic E-state index is 0.893. The van der Waals surface area contributed by atoms with Crippen molar-refractivity contribution in [2.45, 2.75) is 0 Å². The molecule has 62 heavy (non-hydrogen) atoms. The first-order valence-electron chi connectivity index (χ1n) is 21.0. The summed E-state index contributed by atoms with van der Waals surface area (Å²) in [5.41, 5.74) is 13.7. The molecular formula is C58H35NO2S. The fourth-order valence-corrected chi connectivity index (χ4v) is 10.6. The van der Waals surface area contributed by atoms with Crippen molar-refractivity contribution < 1.29 is 8.83 Å². The van der Waals surface area contributed by atoms with Crippen LogP contribution in [0.3, 0.4) is 0 Å². The maximum atomic E-state index is 6.55. The molecule has 13 rings (SSSR count). The molecule has 3 heterocycles. The molecule has 0 N–H and O–H groups in total. The quantitative estimate of drug-likeness (QED) is 0.168. The van der Waals surface area contributed by atoms with E-state index < -0.39 is 0 Å². The number of anilines is 3. The molecule has 0 aliphatic carbocycles. The number of nitrogens with zero attached hydrogens (tertiary/aromatic N) is 1. The van der Waals surface area contributed by atoms with E-state index in [9.17, 15) is 0 Å². The van der Waals surface area contributed by atoms with E-state index in [-0.39, 0.29) is 0 Å². The van der Waals surface area contributed by atoms with Crippen LogP contribution in [0.5, 0.6) is 0 Å². The van der Waals surface area contributed by atoms with Crippen LogP contribution >= 0.6 is 11.3 Å². The van der Waals surface area contributed by atoms with Gasteiger partial charge in [0.05, 0.1) is 0 Å². The second-order valence-corrected chi connectivity index (χ2v) is 17.1. The molecule has 290 valence electrons. The largest absolute Gasteiger partial charge is 0.455 e. The van der Waals surface area contributed by atoms with Gasteiger partial charge in [-0.25, -0.2) is 0 Å². The molecule has 0 atom stereocenters. The Balaban J connectivity index is 0.909. The number of para-hydroxylation sites is 2. The number of benzene rings is 10. The van der Waals surface area contributed by atoms with E-state index >= 15 is 0 Å².